The molecule has 1 aromatic heterocycles. The molecule has 1 aromatic carbocycles. The average Bonchev–Trinajstić information content (AvgIpc) is 2.73. The highest BCUT2D eigenvalue weighted by Crippen LogP contribution is 2.19. The fourth-order valence-electron chi connectivity index (χ4n) is 2.39. The zero-order chi connectivity index (χ0) is 16.3. The van der Waals surface area contributed by atoms with Crippen LogP contribution in [0.3, 0.4) is 0 Å². The Morgan fingerprint density at radius 2 is 1.91 bits per heavy atom. The minimum atomic E-state index is -3.62. The Labute approximate surface area is 130 Å². The molecule has 0 spiro atoms. The summed E-state index contributed by atoms with van der Waals surface area (Å²) >= 11 is 0. The third kappa shape index (κ3) is 3.55. The van der Waals surface area contributed by atoms with E-state index in [2.05, 4.69) is 9.82 Å². The van der Waals surface area contributed by atoms with Crippen molar-refractivity contribution in [3.05, 3.63) is 47.3 Å². The molecule has 0 radical (unpaired) electrons. The zero-order valence-corrected chi connectivity index (χ0v) is 13.8. The highest BCUT2D eigenvalue weighted by Gasteiger charge is 2.23. The molecule has 6 nitrogen and oxygen atoms in total. The van der Waals surface area contributed by atoms with Gasteiger partial charge in [-0.2, -0.15) is 5.10 Å². The molecule has 0 fully saturated rings. The van der Waals surface area contributed by atoms with Gasteiger partial charge in [-0.3, -0.25) is 4.68 Å². The van der Waals surface area contributed by atoms with Crippen molar-refractivity contribution in [3.8, 4) is 0 Å². The van der Waals surface area contributed by atoms with Gasteiger partial charge < -0.3 is 5.11 Å². The maximum Gasteiger partial charge on any atom is 0.244 e. The number of rotatable bonds is 6. The summed E-state index contributed by atoms with van der Waals surface area (Å²) in [5.74, 6) is 0. The number of nitrogens with zero attached hydrogens (tertiary/aromatic N) is 2. The van der Waals surface area contributed by atoms with Gasteiger partial charge >= 0.3 is 0 Å². The van der Waals surface area contributed by atoms with Crippen LogP contribution in [-0.4, -0.2) is 29.8 Å². The molecule has 1 atom stereocenters. The van der Waals surface area contributed by atoms with Gasteiger partial charge in [0.1, 0.15) is 4.90 Å². The van der Waals surface area contributed by atoms with Crippen molar-refractivity contribution in [3.63, 3.8) is 0 Å². The minimum absolute atomic E-state index is 0.159. The van der Waals surface area contributed by atoms with Gasteiger partial charge in [-0.05, 0) is 25.8 Å². The fourth-order valence-corrected chi connectivity index (χ4v) is 3.87. The van der Waals surface area contributed by atoms with Crippen LogP contribution in [0.4, 0.5) is 0 Å². The van der Waals surface area contributed by atoms with E-state index in [1.807, 2.05) is 30.3 Å². The molecule has 0 aliphatic heterocycles. The summed E-state index contributed by atoms with van der Waals surface area (Å²) in [6, 6.07) is 9.17. The summed E-state index contributed by atoms with van der Waals surface area (Å²) in [7, 11) is -1.91. The van der Waals surface area contributed by atoms with E-state index in [1.54, 1.807) is 25.6 Å². The molecule has 0 bridgehead atoms. The van der Waals surface area contributed by atoms with E-state index in [-0.39, 0.29) is 11.4 Å². The van der Waals surface area contributed by atoms with Gasteiger partial charge in [0.15, 0.2) is 0 Å². The second kappa shape index (κ2) is 6.60. The number of nitrogens with one attached hydrogen (secondary N) is 1. The molecular weight excluding hydrogens is 302 g/mol. The smallest absolute Gasteiger partial charge is 0.244 e. The van der Waals surface area contributed by atoms with E-state index < -0.39 is 16.1 Å². The van der Waals surface area contributed by atoms with Crippen molar-refractivity contribution in [2.24, 2.45) is 7.05 Å². The van der Waals surface area contributed by atoms with E-state index in [1.165, 1.54) is 0 Å². The molecule has 0 saturated carbocycles. The molecule has 0 aliphatic carbocycles. The van der Waals surface area contributed by atoms with Crippen LogP contribution in [0.25, 0.3) is 0 Å². The van der Waals surface area contributed by atoms with Crippen molar-refractivity contribution < 1.29 is 13.5 Å². The number of hydrogen-bond donors (Lipinski definition) is 2. The lowest BCUT2D eigenvalue weighted by molar-refractivity contribution is 0.169. The quantitative estimate of drug-likeness (QED) is 0.842. The zero-order valence-electron chi connectivity index (χ0n) is 12.9. The first-order valence-corrected chi connectivity index (χ1v) is 8.54. The number of aryl methyl sites for hydroxylation is 2. The fraction of sp³-hybridized carbons (Fsp3) is 0.400. The van der Waals surface area contributed by atoms with Crippen LogP contribution in [-0.2, 0) is 17.1 Å². The molecule has 0 saturated heterocycles. The Hall–Kier alpha value is -1.70. The number of benzene rings is 1. The Balaban J connectivity index is 2.02. The van der Waals surface area contributed by atoms with Gasteiger partial charge in [0.25, 0.3) is 0 Å². The Bertz CT molecular complexity index is 739. The number of aliphatic hydroxyl groups excluding tert-OH is 1. The van der Waals surface area contributed by atoms with Gasteiger partial charge in [0.2, 0.25) is 10.0 Å². The van der Waals surface area contributed by atoms with Gasteiger partial charge in [-0.1, -0.05) is 30.3 Å². The lowest BCUT2D eigenvalue weighted by Crippen LogP contribution is -2.27. The van der Waals surface area contributed by atoms with Crippen molar-refractivity contribution in [2.45, 2.75) is 31.3 Å². The standard InChI is InChI=1S/C15H21N3O3S/c1-11-15(12(2)18(3)17-11)22(20,21)16-10-9-14(19)13-7-5-4-6-8-13/h4-8,14,16,19H,9-10H2,1-3H3/t14-/m1/s1. The third-order valence-electron chi connectivity index (χ3n) is 3.61. The van der Waals surface area contributed by atoms with Gasteiger partial charge in [0, 0.05) is 13.6 Å². The summed E-state index contributed by atoms with van der Waals surface area (Å²) in [6.07, 6.45) is -0.387. The summed E-state index contributed by atoms with van der Waals surface area (Å²) < 4.78 is 28.8. The number of hydrogen-bond acceptors (Lipinski definition) is 4. The van der Waals surface area contributed by atoms with Crippen molar-refractivity contribution in [2.75, 3.05) is 6.54 Å². The van der Waals surface area contributed by atoms with E-state index in [9.17, 15) is 13.5 Å². The first-order valence-electron chi connectivity index (χ1n) is 7.06. The number of aliphatic hydroxyl groups is 1. The second-order valence-corrected chi connectivity index (χ2v) is 6.94. The average molecular weight is 323 g/mol. The summed E-state index contributed by atoms with van der Waals surface area (Å²) in [6.45, 7) is 3.54. The van der Waals surface area contributed by atoms with Crippen molar-refractivity contribution >= 4 is 10.0 Å². The van der Waals surface area contributed by atoms with Crippen LogP contribution >= 0.6 is 0 Å². The van der Waals surface area contributed by atoms with Crippen LogP contribution < -0.4 is 4.72 Å². The highest BCUT2D eigenvalue weighted by molar-refractivity contribution is 7.89. The molecule has 1 heterocycles. The van der Waals surface area contributed by atoms with Crippen LogP contribution in [0.5, 0.6) is 0 Å². The number of sulfonamides is 1. The molecule has 7 heteroatoms. The lowest BCUT2D eigenvalue weighted by Gasteiger charge is -2.12. The summed E-state index contributed by atoms with van der Waals surface area (Å²) in [5.41, 5.74) is 1.83. The predicted molar refractivity (Wildman–Crippen MR) is 83.9 cm³/mol. The maximum absolute atomic E-state index is 12.4. The van der Waals surface area contributed by atoms with Crippen molar-refractivity contribution in [1.29, 1.82) is 0 Å². The van der Waals surface area contributed by atoms with E-state index in [0.717, 1.165) is 5.56 Å². The van der Waals surface area contributed by atoms with Crippen LogP contribution in [0, 0.1) is 13.8 Å². The molecule has 0 aliphatic rings. The molecule has 2 aromatic rings. The molecule has 22 heavy (non-hydrogen) atoms. The molecular formula is C15H21N3O3S. The first kappa shape index (κ1) is 16.7. The molecule has 120 valence electrons. The summed E-state index contributed by atoms with van der Waals surface area (Å²) in [5, 5.41) is 14.2. The minimum Gasteiger partial charge on any atom is -0.388 e. The number of aromatic nitrogens is 2. The second-order valence-electron chi connectivity index (χ2n) is 5.24. The Morgan fingerprint density at radius 3 is 2.45 bits per heavy atom. The Kier molecular flexibility index (Phi) is 5.00. The van der Waals surface area contributed by atoms with E-state index >= 15 is 0 Å². The largest absolute Gasteiger partial charge is 0.388 e. The van der Waals surface area contributed by atoms with Crippen LogP contribution in [0.15, 0.2) is 35.2 Å². The van der Waals surface area contributed by atoms with Crippen molar-refractivity contribution in [1.82, 2.24) is 14.5 Å². The highest BCUT2D eigenvalue weighted by atomic mass is 32.2. The topological polar surface area (TPSA) is 84.2 Å². The third-order valence-corrected chi connectivity index (χ3v) is 5.32. The molecule has 2 rings (SSSR count). The molecule has 0 amide bonds. The van der Waals surface area contributed by atoms with Gasteiger partial charge in [-0.25, -0.2) is 13.1 Å². The molecule has 0 unspecified atom stereocenters. The normalized spacial score (nSPS) is 13.3. The monoisotopic (exact) mass is 323 g/mol. The molecule has 2 N–H and O–H groups in total. The first-order chi connectivity index (χ1) is 10.3. The predicted octanol–water partition coefficient (Wildman–Crippen LogP) is 1.44. The maximum atomic E-state index is 12.4. The Morgan fingerprint density at radius 1 is 1.27 bits per heavy atom. The lowest BCUT2D eigenvalue weighted by atomic mass is 10.1. The van der Waals surface area contributed by atoms with E-state index in [0.29, 0.717) is 17.8 Å². The van der Waals surface area contributed by atoms with Gasteiger partial charge in [0.05, 0.1) is 17.5 Å². The van der Waals surface area contributed by atoms with Crippen LogP contribution in [0.2, 0.25) is 0 Å². The summed E-state index contributed by atoms with van der Waals surface area (Å²) in [4.78, 5) is 0.212. The van der Waals surface area contributed by atoms with Crippen LogP contribution in [0.1, 0.15) is 29.5 Å². The SMILES string of the molecule is Cc1nn(C)c(C)c1S(=O)(=O)NCC[C@@H](O)c1ccccc1. The van der Waals surface area contributed by atoms with Gasteiger partial charge in [-0.15, -0.1) is 0 Å². The van der Waals surface area contributed by atoms with E-state index in [4.69, 9.17) is 0 Å².